The molecule has 1 aliphatic rings. The van der Waals surface area contributed by atoms with Gasteiger partial charge in [0.15, 0.2) is 0 Å². The van der Waals surface area contributed by atoms with Crippen LogP contribution in [0.1, 0.15) is 46.5 Å². The minimum atomic E-state index is -0.0412. The Labute approximate surface area is 134 Å². The monoisotopic (exact) mass is 319 g/mol. The van der Waals surface area contributed by atoms with Gasteiger partial charge in [0.2, 0.25) is 0 Å². The maximum Gasteiger partial charge on any atom is 0.262 e. The van der Waals surface area contributed by atoms with Gasteiger partial charge in [-0.2, -0.15) is 0 Å². The Bertz CT molecular complexity index is 720. The number of nitrogens with zero attached hydrogens (tertiary/aromatic N) is 2. The lowest BCUT2D eigenvalue weighted by Crippen LogP contribution is -2.40. The SMILES string of the molecule is Cc1nc(C)c2c(C)c(C(=O)N[C@@H](C)[C@@H]3CCCO3)sc2n1. The summed E-state index contributed by atoms with van der Waals surface area (Å²) in [7, 11) is 0. The number of carbonyl (C=O) groups excluding carboxylic acids is 1. The molecule has 2 aromatic rings. The van der Waals surface area contributed by atoms with Crippen molar-refractivity contribution in [1.29, 1.82) is 0 Å². The van der Waals surface area contributed by atoms with E-state index in [1.165, 1.54) is 11.3 Å². The fourth-order valence-corrected chi connectivity index (χ4v) is 4.23. The number of rotatable bonds is 3. The summed E-state index contributed by atoms with van der Waals surface area (Å²) in [5.74, 6) is 0.700. The second-order valence-corrected chi connectivity index (χ2v) is 6.91. The van der Waals surface area contributed by atoms with Gasteiger partial charge in [0.1, 0.15) is 10.7 Å². The van der Waals surface area contributed by atoms with Crippen LogP contribution in [0.3, 0.4) is 0 Å². The van der Waals surface area contributed by atoms with Gasteiger partial charge in [-0.1, -0.05) is 0 Å². The number of amides is 1. The number of nitrogens with one attached hydrogen (secondary N) is 1. The molecule has 0 saturated carbocycles. The van der Waals surface area contributed by atoms with Crippen molar-refractivity contribution < 1.29 is 9.53 Å². The minimum absolute atomic E-state index is 0.0218. The first-order chi connectivity index (χ1) is 10.5. The first kappa shape index (κ1) is 15.4. The molecule has 118 valence electrons. The van der Waals surface area contributed by atoms with E-state index in [1.54, 1.807) is 0 Å². The van der Waals surface area contributed by atoms with Crippen molar-refractivity contribution in [1.82, 2.24) is 15.3 Å². The van der Waals surface area contributed by atoms with E-state index in [9.17, 15) is 4.79 Å². The summed E-state index contributed by atoms with van der Waals surface area (Å²) >= 11 is 1.44. The Morgan fingerprint density at radius 1 is 1.36 bits per heavy atom. The van der Waals surface area contributed by atoms with Crippen LogP contribution in [0.4, 0.5) is 0 Å². The van der Waals surface area contributed by atoms with Crippen molar-refractivity contribution in [3.05, 3.63) is 22.0 Å². The molecule has 6 heteroatoms. The van der Waals surface area contributed by atoms with E-state index in [1.807, 2.05) is 27.7 Å². The molecule has 22 heavy (non-hydrogen) atoms. The average Bonchev–Trinajstić information content (AvgIpc) is 3.06. The fourth-order valence-electron chi connectivity index (χ4n) is 3.05. The Morgan fingerprint density at radius 3 is 2.82 bits per heavy atom. The zero-order valence-corrected chi connectivity index (χ0v) is 14.2. The molecule has 0 aromatic carbocycles. The van der Waals surface area contributed by atoms with Gasteiger partial charge in [-0.25, -0.2) is 9.97 Å². The lowest BCUT2D eigenvalue weighted by molar-refractivity contribution is 0.0714. The third kappa shape index (κ3) is 2.73. The molecule has 5 nitrogen and oxygen atoms in total. The predicted octanol–water partition coefficient (Wildman–Crippen LogP) is 2.91. The van der Waals surface area contributed by atoms with Crippen LogP contribution in [0, 0.1) is 20.8 Å². The molecule has 3 rings (SSSR count). The molecule has 1 fully saturated rings. The molecule has 1 aliphatic heterocycles. The third-order valence-electron chi connectivity index (χ3n) is 4.17. The standard InChI is InChI=1S/C16H21N3O2S/c1-8-13-10(3)17-11(4)19-16(13)22-14(8)15(20)18-9(2)12-6-5-7-21-12/h9,12H,5-7H2,1-4H3,(H,18,20)/t9-,12-/m0/s1. The Hall–Kier alpha value is -1.53. The summed E-state index contributed by atoms with van der Waals surface area (Å²) in [6.07, 6.45) is 2.21. The normalized spacial score (nSPS) is 19.5. The highest BCUT2D eigenvalue weighted by atomic mass is 32.1. The molecule has 2 atom stereocenters. The van der Waals surface area contributed by atoms with E-state index < -0.39 is 0 Å². The summed E-state index contributed by atoms with van der Waals surface area (Å²) in [6.45, 7) is 8.61. The lowest BCUT2D eigenvalue weighted by atomic mass is 10.1. The lowest BCUT2D eigenvalue weighted by Gasteiger charge is -2.19. The van der Waals surface area contributed by atoms with E-state index in [0.29, 0.717) is 0 Å². The van der Waals surface area contributed by atoms with E-state index in [2.05, 4.69) is 15.3 Å². The van der Waals surface area contributed by atoms with Crippen LogP contribution in [0.2, 0.25) is 0 Å². The molecule has 0 unspecified atom stereocenters. The molecular formula is C16H21N3O2S. The quantitative estimate of drug-likeness (QED) is 0.945. The van der Waals surface area contributed by atoms with Gasteiger partial charge in [0, 0.05) is 17.7 Å². The van der Waals surface area contributed by atoms with Gasteiger partial charge in [0.25, 0.3) is 5.91 Å². The number of fused-ring (bicyclic) bond motifs is 1. The van der Waals surface area contributed by atoms with Gasteiger partial charge >= 0.3 is 0 Å². The molecule has 3 heterocycles. The molecule has 2 aromatic heterocycles. The zero-order valence-electron chi connectivity index (χ0n) is 13.4. The highest BCUT2D eigenvalue weighted by Gasteiger charge is 2.26. The summed E-state index contributed by atoms with van der Waals surface area (Å²) in [5, 5.41) is 4.08. The number of aromatic nitrogens is 2. The van der Waals surface area contributed by atoms with E-state index in [4.69, 9.17) is 4.74 Å². The summed E-state index contributed by atoms with van der Waals surface area (Å²) in [4.78, 5) is 23.1. The summed E-state index contributed by atoms with van der Waals surface area (Å²) in [5.41, 5.74) is 1.90. The fraction of sp³-hybridized carbons (Fsp3) is 0.562. The van der Waals surface area contributed by atoms with Gasteiger partial charge < -0.3 is 10.1 Å². The predicted molar refractivity (Wildman–Crippen MR) is 87.5 cm³/mol. The smallest absolute Gasteiger partial charge is 0.262 e. The van der Waals surface area contributed by atoms with Crippen molar-refractivity contribution in [3.63, 3.8) is 0 Å². The van der Waals surface area contributed by atoms with Crippen LogP contribution < -0.4 is 5.32 Å². The van der Waals surface area contributed by atoms with Gasteiger partial charge in [-0.15, -0.1) is 11.3 Å². The first-order valence-electron chi connectivity index (χ1n) is 7.64. The summed E-state index contributed by atoms with van der Waals surface area (Å²) < 4.78 is 5.64. The maximum absolute atomic E-state index is 12.6. The van der Waals surface area contributed by atoms with Gasteiger partial charge in [-0.3, -0.25) is 4.79 Å². The topological polar surface area (TPSA) is 64.1 Å². The van der Waals surface area contributed by atoms with Gasteiger partial charge in [0.05, 0.1) is 17.0 Å². The zero-order chi connectivity index (χ0) is 15.9. The van der Waals surface area contributed by atoms with E-state index >= 15 is 0 Å². The molecule has 0 spiro atoms. The third-order valence-corrected chi connectivity index (χ3v) is 5.35. The molecule has 1 N–H and O–H groups in total. The Kier molecular flexibility index (Phi) is 4.14. The van der Waals surface area contributed by atoms with Crippen molar-refractivity contribution in [2.24, 2.45) is 0 Å². The van der Waals surface area contributed by atoms with Crippen LogP contribution >= 0.6 is 11.3 Å². The van der Waals surface area contributed by atoms with Gasteiger partial charge in [-0.05, 0) is 46.1 Å². The molecule has 1 saturated heterocycles. The minimum Gasteiger partial charge on any atom is -0.376 e. The van der Waals surface area contributed by atoms with Crippen LogP contribution in [0.15, 0.2) is 0 Å². The number of hydrogen-bond acceptors (Lipinski definition) is 5. The molecule has 0 bridgehead atoms. The molecule has 0 radical (unpaired) electrons. The first-order valence-corrected chi connectivity index (χ1v) is 8.46. The molecular weight excluding hydrogens is 298 g/mol. The van der Waals surface area contributed by atoms with E-state index in [0.717, 1.165) is 51.6 Å². The number of ether oxygens (including phenoxy) is 1. The highest BCUT2D eigenvalue weighted by Crippen LogP contribution is 2.31. The van der Waals surface area contributed by atoms with Crippen molar-refractivity contribution in [3.8, 4) is 0 Å². The molecule has 0 aliphatic carbocycles. The van der Waals surface area contributed by atoms with Crippen LogP contribution in [0.5, 0.6) is 0 Å². The van der Waals surface area contributed by atoms with Crippen LogP contribution in [-0.2, 0) is 4.74 Å². The second kappa shape index (κ2) is 5.93. The van der Waals surface area contributed by atoms with Crippen molar-refractivity contribution in [2.75, 3.05) is 6.61 Å². The van der Waals surface area contributed by atoms with Crippen LogP contribution in [-0.4, -0.2) is 34.6 Å². The highest BCUT2D eigenvalue weighted by molar-refractivity contribution is 7.20. The summed E-state index contributed by atoms with van der Waals surface area (Å²) in [6, 6.07) is 0.0218. The van der Waals surface area contributed by atoms with Crippen molar-refractivity contribution in [2.45, 2.75) is 52.7 Å². The largest absolute Gasteiger partial charge is 0.376 e. The maximum atomic E-state index is 12.6. The number of carbonyl (C=O) groups is 1. The molecule has 1 amide bonds. The Balaban J connectivity index is 1.87. The Morgan fingerprint density at radius 2 is 2.14 bits per heavy atom. The number of hydrogen-bond donors (Lipinski definition) is 1. The number of thiophene rings is 1. The van der Waals surface area contributed by atoms with Crippen molar-refractivity contribution >= 4 is 27.5 Å². The second-order valence-electron chi connectivity index (χ2n) is 5.91. The van der Waals surface area contributed by atoms with E-state index in [-0.39, 0.29) is 18.1 Å². The van der Waals surface area contributed by atoms with Crippen LogP contribution in [0.25, 0.3) is 10.2 Å². The number of aryl methyl sites for hydroxylation is 3. The average molecular weight is 319 g/mol.